The van der Waals surface area contributed by atoms with Crippen LogP contribution in [0.3, 0.4) is 0 Å². The van der Waals surface area contributed by atoms with Crippen LogP contribution < -0.4 is 10.6 Å². The van der Waals surface area contributed by atoms with Gasteiger partial charge in [0.1, 0.15) is 5.82 Å². The van der Waals surface area contributed by atoms with Crippen LogP contribution in [0, 0.1) is 11.2 Å². The molecule has 0 atom stereocenters. The monoisotopic (exact) mass is 250 g/mol. The highest BCUT2D eigenvalue weighted by atomic mass is 19.1. The smallest absolute Gasteiger partial charge is 0.234 e. The number of nitrogens with two attached hydrogens (primary N) is 1. The second-order valence-electron chi connectivity index (χ2n) is 5.35. The van der Waals surface area contributed by atoms with E-state index in [2.05, 4.69) is 0 Å². The molecule has 4 nitrogen and oxygen atoms in total. The first kappa shape index (κ1) is 12.5. The Kier molecular flexibility index (Phi) is 2.84. The van der Waals surface area contributed by atoms with Crippen LogP contribution in [0.1, 0.15) is 26.7 Å². The minimum Gasteiger partial charge on any atom is -0.396 e. The number of nitrogen functional groups attached to an aromatic ring is 1. The third-order valence-electron chi connectivity index (χ3n) is 3.00. The zero-order valence-electron chi connectivity index (χ0n) is 10.4. The first-order chi connectivity index (χ1) is 8.30. The molecule has 2 amide bonds. The predicted octanol–water partition coefficient (Wildman–Crippen LogP) is 2.09. The number of halogens is 1. The Hall–Kier alpha value is -1.91. The molecule has 1 aromatic carbocycles. The summed E-state index contributed by atoms with van der Waals surface area (Å²) >= 11 is 0. The lowest BCUT2D eigenvalue weighted by Gasteiger charge is -2.34. The van der Waals surface area contributed by atoms with Gasteiger partial charge < -0.3 is 5.73 Å². The number of benzene rings is 1. The van der Waals surface area contributed by atoms with Crippen molar-refractivity contribution in [2.45, 2.75) is 26.7 Å². The molecule has 0 aromatic heterocycles. The van der Waals surface area contributed by atoms with Crippen LogP contribution in [-0.4, -0.2) is 11.8 Å². The minimum absolute atomic E-state index is 0.00372. The van der Waals surface area contributed by atoms with E-state index in [4.69, 9.17) is 5.73 Å². The molecule has 2 rings (SSSR count). The molecule has 18 heavy (non-hydrogen) atoms. The lowest BCUT2D eigenvalue weighted by Crippen LogP contribution is -2.46. The highest BCUT2D eigenvalue weighted by molar-refractivity contribution is 6.16. The van der Waals surface area contributed by atoms with Crippen molar-refractivity contribution in [2.24, 2.45) is 5.41 Å². The third kappa shape index (κ3) is 2.20. The van der Waals surface area contributed by atoms with E-state index >= 15 is 0 Å². The molecule has 0 saturated carbocycles. The summed E-state index contributed by atoms with van der Waals surface area (Å²) in [4.78, 5) is 25.0. The molecule has 0 unspecified atom stereocenters. The Bertz CT molecular complexity index is 506. The largest absolute Gasteiger partial charge is 0.396 e. The molecular formula is C13H15FN2O2. The van der Waals surface area contributed by atoms with Gasteiger partial charge in [-0.15, -0.1) is 0 Å². The van der Waals surface area contributed by atoms with Crippen molar-refractivity contribution in [3.05, 3.63) is 24.0 Å². The number of imide groups is 1. The van der Waals surface area contributed by atoms with Gasteiger partial charge in [-0.3, -0.25) is 14.5 Å². The Morgan fingerprint density at radius 1 is 1.22 bits per heavy atom. The summed E-state index contributed by atoms with van der Waals surface area (Å²) in [6.07, 6.45) is 0.537. The average molecular weight is 250 g/mol. The first-order valence-corrected chi connectivity index (χ1v) is 5.71. The molecule has 1 fully saturated rings. The summed E-state index contributed by atoms with van der Waals surface area (Å²) in [6, 6.07) is 3.95. The van der Waals surface area contributed by atoms with E-state index in [9.17, 15) is 14.0 Å². The van der Waals surface area contributed by atoms with E-state index in [0.717, 1.165) is 11.0 Å². The maximum Gasteiger partial charge on any atom is 0.234 e. The highest BCUT2D eigenvalue weighted by Crippen LogP contribution is 2.34. The Labute approximate surface area is 105 Å². The van der Waals surface area contributed by atoms with E-state index in [-0.39, 0.29) is 41.4 Å². The quantitative estimate of drug-likeness (QED) is 0.613. The van der Waals surface area contributed by atoms with E-state index < -0.39 is 5.82 Å². The molecule has 1 saturated heterocycles. The van der Waals surface area contributed by atoms with Crippen LogP contribution in [0.2, 0.25) is 0 Å². The lowest BCUT2D eigenvalue weighted by atomic mass is 9.81. The Morgan fingerprint density at radius 2 is 1.78 bits per heavy atom. The summed E-state index contributed by atoms with van der Waals surface area (Å²) in [5, 5.41) is 0. The fraction of sp³-hybridized carbons (Fsp3) is 0.385. The number of amides is 2. The maximum absolute atomic E-state index is 13.4. The molecule has 1 aromatic rings. The zero-order chi connectivity index (χ0) is 13.5. The molecule has 0 aliphatic carbocycles. The fourth-order valence-corrected chi connectivity index (χ4v) is 2.12. The normalized spacial score (nSPS) is 19.2. The van der Waals surface area contributed by atoms with Gasteiger partial charge >= 0.3 is 0 Å². The molecule has 96 valence electrons. The van der Waals surface area contributed by atoms with Crippen molar-refractivity contribution in [1.82, 2.24) is 0 Å². The second kappa shape index (κ2) is 4.08. The van der Waals surface area contributed by atoms with Crippen LogP contribution in [0.5, 0.6) is 0 Å². The summed E-state index contributed by atoms with van der Waals surface area (Å²) in [6.45, 7) is 3.73. The van der Waals surface area contributed by atoms with Gasteiger partial charge in [0.05, 0.1) is 11.4 Å². The van der Waals surface area contributed by atoms with Crippen LogP contribution in [0.15, 0.2) is 18.2 Å². The van der Waals surface area contributed by atoms with Crippen molar-refractivity contribution in [2.75, 3.05) is 10.6 Å². The van der Waals surface area contributed by atoms with Crippen LogP contribution in [-0.2, 0) is 9.59 Å². The van der Waals surface area contributed by atoms with Gasteiger partial charge in [-0.25, -0.2) is 4.39 Å². The lowest BCUT2D eigenvalue weighted by molar-refractivity contribution is -0.132. The van der Waals surface area contributed by atoms with Crippen LogP contribution >= 0.6 is 0 Å². The molecule has 0 radical (unpaired) electrons. The van der Waals surface area contributed by atoms with E-state index in [1.807, 2.05) is 13.8 Å². The number of nitrogens with zero attached hydrogens (tertiary/aromatic N) is 1. The average Bonchev–Trinajstić information content (AvgIpc) is 2.20. The number of carbonyl (C=O) groups is 2. The summed E-state index contributed by atoms with van der Waals surface area (Å²) in [7, 11) is 0. The van der Waals surface area contributed by atoms with E-state index in [1.54, 1.807) is 0 Å². The SMILES string of the molecule is CC1(C)CC(=O)N(c2ccc(N)c(F)c2)C(=O)C1. The minimum atomic E-state index is -0.627. The van der Waals surface area contributed by atoms with Gasteiger partial charge in [-0.1, -0.05) is 13.8 Å². The molecular weight excluding hydrogens is 235 g/mol. The standard InChI is InChI=1S/C13H15FN2O2/c1-13(2)6-11(17)16(12(18)7-13)8-3-4-10(15)9(14)5-8/h3-5H,6-7,15H2,1-2H3. The predicted molar refractivity (Wildman–Crippen MR) is 66.3 cm³/mol. The molecule has 0 bridgehead atoms. The third-order valence-corrected chi connectivity index (χ3v) is 3.00. The van der Waals surface area contributed by atoms with Gasteiger partial charge in [-0.2, -0.15) is 0 Å². The fourth-order valence-electron chi connectivity index (χ4n) is 2.12. The zero-order valence-corrected chi connectivity index (χ0v) is 10.4. The van der Waals surface area contributed by atoms with E-state index in [1.165, 1.54) is 12.1 Å². The topological polar surface area (TPSA) is 63.4 Å². The van der Waals surface area contributed by atoms with Crippen LogP contribution in [0.4, 0.5) is 15.8 Å². The second-order valence-corrected chi connectivity index (χ2v) is 5.35. The number of hydrogen-bond donors (Lipinski definition) is 1. The highest BCUT2D eigenvalue weighted by Gasteiger charge is 2.38. The summed E-state index contributed by atoms with van der Waals surface area (Å²) in [5.74, 6) is -1.24. The Morgan fingerprint density at radius 3 is 2.28 bits per heavy atom. The van der Waals surface area contributed by atoms with Gasteiger partial charge in [-0.05, 0) is 17.5 Å². The van der Waals surface area contributed by atoms with Gasteiger partial charge in [0, 0.05) is 18.9 Å². The maximum atomic E-state index is 13.4. The van der Waals surface area contributed by atoms with Crippen molar-refractivity contribution < 1.29 is 14.0 Å². The molecule has 2 N–H and O–H groups in total. The first-order valence-electron chi connectivity index (χ1n) is 5.71. The van der Waals surface area contributed by atoms with Crippen molar-refractivity contribution in [1.29, 1.82) is 0 Å². The molecule has 0 spiro atoms. The number of rotatable bonds is 1. The van der Waals surface area contributed by atoms with Gasteiger partial charge in [0.25, 0.3) is 0 Å². The number of anilines is 2. The number of piperidine rings is 1. The van der Waals surface area contributed by atoms with Crippen molar-refractivity contribution >= 4 is 23.2 Å². The van der Waals surface area contributed by atoms with Crippen molar-refractivity contribution in [3.63, 3.8) is 0 Å². The van der Waals surface area contributed by atoms with Crippen molar-refractivity contribution in [3.8, 4) is 0 Å². The summed E-state index contributed by atoms with van der Waals surface area (Å²) < 4.78 is 13.4. The molecule has 5 heteroatoms. The van der Waals surface area contributed by atoms with Gasteiger partial charge in [0.2, 0.25) is 11.8 Å². The van der Waals surface area contributed by atoms with E-state index in [0.29, 0.717) is 0 Å². The Balaban J connectivity index is 2.36. The summed E-state index contributed by atoms with van der Waals surface area (Å²) in [5.41, 5.74) is 5.27. The molecule has 1 aliphatic heterocycles. The number of carbonyl (C=O) groups excluding carboxylic acids is 2. The van der Waals surface area contributed by atoms with Gasteiger partial charge in [0.15, 0.2) is 0 Å². The number of hydrogen-bond acceptors (Lipinski definition) is 3. The molecule has 1 aliphatic rings. The molecule has 1 heterocycles. The van der Waals surface area contributed by atoms with Crippen LogP contribution in [0.25, 0.3) is 0 Å².